The van der Waals surface area contributed by atoms with Crippen LogP contribution in [0.5, 0.6) is 0 Å². The highest BCUT2D eigenvalue weighted by molar-refractivity contribution is 5.91. The molecule has 1 N–H and O–H groups in total. The summed E-state index contributed by atoms with van der Waals surface area (Å²) in [4.78, 5) is 24.5. The van der Waals surface area contributed by atoms with Gasteiger partial charge in [-0.1, -0.05) is 0 Å². The van der Waals surface area contributed by atoms with E-state index in [4.69, 9.17) is 0 Å². The summed E-state index contributed by atoms with van der Waals surface area (Å²) < 4.78 is 27.8. The second-order valence-corrected chi connectivity index (χ2v) is 8.04. The minimum Gasteiger partial charge on any atom is -0.382 e. The maximum Gasteiger partial charge on any atom is 0.237 e. The van der Waals surface area contributed by atoms with Crippen molar-refractivity contribution in [3.63, 3.8) is 0 Å². The fourth-order valence-corrected chi connectivity index (χ4v) is 4.41. The SMILES string of the molecule is CN=C[C@@H]1C[C@H](F)CN1C(=O)CN1CCC(Nc2ccc(F)c3ncccc23)CC1. The van der Waals surface area contributed by atoms with Gasteiger partial charge in [0.1, 0.15) is 17.5 Å². The van der Waals surface area contributed by atoms with Crippen molar-refractivity contribution in [1.29, 1.82) is 0 Å². The lowest BCUT2D eigenvalue weighted by Crippen LogP contribution is -2.47. The predicted molar refractivity (Wildman–Crippen MR) is 114 cm³/mol. The van der Waals surface area contributed by atoms with E-state index in [1.54, 1.807) is 36.5 Å². The molecule has 1 aromatic heterocycles. The van der Waals surface area contributed by atoms with Crippen LogP contribution in [-0.4, -0.2) is 78.4 Å². The van der Waals surface area contributed by atoms with Gasteiger partial charge < -0.3 is 10.2 Å². The van der Waals surface area contributed by atoms with E-state index in [0.717, 1.165) is 37.0 Å². The maximum atomic E-state index is 14.0. The first kappa shape index (κ1) is 20.7. The fourth-order valence-electron chi connectivity index (χ4n) is 4.41. The number of pyridine rings is 1. The Kier molecular flexibility index (Phi) is 6.22. The number of piperidine rings is 1. The van der Waals surface area contributed by atoms with Crippen LogP contribution in [0.2, 0.25) is 0 Å². The van der Waals surface area contributed by atoms with Crippen LogP contribution < -0.4 is 5.32 Å². The summed E-state index contributed by atoms with van der Waals surface area (Å²) in [5.74, 6) is -0.365. The van der Waals surface area contributed by atoms with E-state index in [1.165, 1.54) is 6.07 Å². The number of nitrogens with zero attached hydrogens (tertiary/aromatic N) is 4. The van der Waals surface area contributed by atoms with Crippen molar-refractivity contribution in [3.05, 3.63) is 36.3 Å². The van der Waals surface area contributed by atoms with Gasteiger partial charge in [-0.2, -0.15) is 0 Å². The largest absolute Gasteiger partial charge is 0.382 e. The first-order valence-corrected chi connectivity index (χ1v) is 10.4. The second-order valence-electron chi connectivity index (χ2n) is 8.04. The number of nitrogens with one attached hydrogen (secondary N) is 1. The molecule has 8 heteroatoms. The molecule has 0 aliphatic carbocycles. The minimum atomic E-state index is -0.980. The lowest BCUT2D eigenvalue weighted by Gasteiger charge is -2.34. The van der Waals surface area contributed by atoms with Crippen molar-refractivity contribution < 1.29 is 13.6 Å². The van der Waals surface area contributed by atoms with Crippen LogP contribution in [0, 0.1) is 5.82 Å². The molecule has 2 aromatic rings. The number of alkyl halides is 1. The van der Waals surface area contributed by atoms with Crippen LogP contribution in [0.25, 0.3) is 10.9 Å². The Balaban J connectivity index is 1.32. The zero-order chi connectivity index (χ0) is 21.1. The van der Waals surface area contributed by atoms with E-state index < -0.39 is 6.17 Å². The molecule has 6 nitrogen and oxygen atoms in total. The quantitative estimate of drug-likeness (QED) is 0.763. The Bertz CT molecular complexity index is 929. The van der Waals surface area contributed by atoms with Crippen molar-refractivity contribution in [2.75, 3.05) is 38.5 Å². The van der Waals surface area contributed by atoms with E-state index in [-0.39, 0.29) is 30.4 Å². The third-order valence-corrected chi connectivity index (χ3v) is 5.96. The van der Waals surface area contributed by atoms with Gasteiger partial charge >= 0.3 is 0 Å². The normalized spacial score (nSPS) is 23.5. The highest BCUT2D eigenvalue weighted by atomic mass is 19.1. The first-order valence-electron chi connectivity index (χ1n) is 10.4. The van der Waals surface area contributed by atoms with Crippen molar-refractivity contribution in [2.45, 2.75) is 37.5 Å². The molecule has 2 saturated heterocycles. The standard InChI is InChI=1S/C22H27F2N5O/c1-25-12-17-11-15(23)13-29(17)21(30)14-28-9-6-16(7-10-28)27-20-5-4-19(24)22-18(20)3-2-8-26-22/h2-5,8,12,15-17,27H,6-7,9-11,13-14H2,1H3/t15-,17-/m0/s1. The average Bonchev–Trinajstić information content (AvgIpc) is 3.12. The van der Waals surface area contributed by atoms with Crippen molar-refractivity contribution in [3.8, 4) is 0 Å². The molecule has 0 saturated carbocycles. The van der Waals surface area contributed by atoms with E-state index in [9.17, 15) is 13.6 Å². The molecule has 2 atom stereocenters. The molecule has 0 spiro atoms. The minimum absolute atomic E-state index is 0.0398. The Labute approximate surface area is 175 Å². The highest BCUT2D eigenvalue weighted by Crippen LogP contribution is 2.26. The van der Waals surface area contributed by atoms with E-state index in [1.807, 2.05) is 6.07 Å². The number of rotatable bonds is 5. The van der Waals surface area contributed by atoms with Gasteiger partial charge in [-0.3, -0.25) is 19.7 Å². The molecule has 30 heavy (non-hydrogen) atoms. The number of carbonyl (C=O) groups excluding carboxylic acids is 1. The van der Waals surface area contributed by atoms with Crippen LogP contribution in [0.4, 0.5) is 14.5 Å². The number of carbonyl (C=O) groups is 1. The predicted octanol–water partition coefficient (Wildman–Crippen LogP) is 2.89. The van der Waals surface area contributed by atoms with Gasteiger partial charge in [-0.05, 0) is 37.1 Å². The molecular formula is C22H27F2N5O. The summed E-state index contributed by atoms with van der Waals surface area (Å²) >= 11 is 0. The van der Waals surface area contributed by atoms with Crippen molar-refractivity contribution >= 4 is 28.7 Å². The molecule has 1 aromatic carbocycles. The molecule has 2 aliphatic rings. The number of benzene rings is 1. The summed E-state index contributed by atoms with van der Waals surface area (Å²) in [5.41, 5.74) is 1.24. The highest BCUT2D eigenvalue weighted by Gasteiger charge is 2.35. The molecule has 2 aliphatic heterocycles. The van der Waals surface area contributed by atoms with Crippen molar-refractivity contribution in [1.82, 2.24) is 14.8 Å². The molecule has 0 unspecified atom stereocenters. The van der Waals surface area contributed by atoms with Gasteiger partial charge in [-0.15, -0.1) is 0 Å². The van der Waals surface area contributed by atoms with Gasteiger partial charge in [0.15, 0.2) is 0 Å². The van der Waals surface area contributed by atoms with E-state index >= 15 is 0 Å². The first-order chi connectivity index (χ1) is 14.5. The second kappa shape index (κ2) is 9.04. The number of fused-ring (bicyclic) bond motifs is 1. The summed E-state index contributed by atoms with van der Waals surface area (Å²) in [6.07, 6.45) is 4.35. The number of hydrogen-bond acceptors (Lipinski definition) is 5. The molecule has 3 heterocycles. The lowest BCUT2D eigenvalue weighted by atomic mass is 10.0. The van der Waals surface area contributed by atoms with Crippen LogP contribution in [0.15, 0.2) is 35.5 Å². The third kappa shape index (κ3) is 4.43. The molecule has 160 valence electrons. The summed E-state index contributed by atoms with van der Waals surface area (Å²) in [5, 5.41) is 4.29. The van der Waals surface area contributed by atoms with Crippen LogP contribution in [-0.2, 0) is 4.79 Å². The van der Waals surface area contributed by atoms with E-state index in [0.29, 0.717) is 18.5 Å². The van der Waals surface area contributed by atoms with E-state index in [2.05, 4.69) is 20.2 Å². The molecule has 2 fully saturated rings. The van der Waals surface area contributed by atoms with Crippen LogP contribution >= 0.6 is 0 Å². The zero-order valence-corrected chi connectivity index (χ0v) is 17.1. The summed E-state index contributed by atoms with van der Waals surface area (Å²) in [6, 6.07) is 6.87. The van der Waals surface area contributed by atoms with Crippen LogP contribution in [0.3, 0.4) is 0 Å². The third-order valence-electron chi connectivity index (χ3n) is 5.96. The molecular weight excluding hydrogens is 388 g/mol. The Morgan fingerprint density at radius 1 is 1.33 bits per heavy atom. The van der Waals surface area contributed by atoms with Gasteiger partial charge in [0.05, 0.1) is 19.1 Å². The number of aliphatic imine (C=N–C) groups is 1. The average molecular weight is 415 g/mol. The van der Waals surface area contributed by atoms with Crippen molar-refractivity contribution in [2.24, 2.45) is 4.99 Å². The monoisotopic (exact) mass is 415 g/mol. The number of anilines is 1. The molecule has 1 amide bonds. The fraction of sp³-hybridized carbons (Fsp3) is 0.500. The number of likely N-dealkylation sites (tertiary alicyclic amines) is 2. The van der Waals surface area contributed by atoms with Gasteiger partial charge in [0.25, 0.3) is 0 Å². The summed E-state index contributed by atoms with van der Waals surface area (Å²) in [6.45, 7) is 2.01. The van der Waals surface area contributed by atoms with Gasteiger partial charge in [0.2, 0.25) is 5.91 Å². The maximum absolute atomic E-state index is 14.0. The number of halogens is 2. The van der Waals surface area contributed by atoms with Crippen LogP contribution in [0.1, 0.15) is 19.3 Å². The Hall–Kier alpha value is -2.61. The topological polar surface area (TPSA) is 60.8 Å². The number of amides is 1. The van der Waals surface area contributed by atoms with Gasteiger partial charge in [-0.25, -0.2) is 8.78 Å². The Morgan fingerprint density at radius 2 is 2.13 bits per heavy atom. The lowest BCUT2D eigenvalue weighted by molar-refractivity contribution is -0.132. The summed E-state index contributed by atoms with van der Waals surface area (Å²) in [7, 11) is 1.65. The molecule has 0 radical (unpaired) electrons. The number of aromatic nitrogens is 1. The number of hydrogen-bond donors (Lipinski definition) is 1. The molecule has 0 bridgehead atoms. The van der Waals surface area contributed by atoms with Gasteiger partial charge in [0, 0.05) is 56.1 Å². The zero-order valence-electron chi connectivity index (χ0n) is 17.1. The molecule has 4 rings (SSSR count). The Morgan fingerprint density at radius 3 is 2.90 bits per heavy atom. The smallest absolute Gasteiger partial charge is 0.237 e.